The Kier molecular flexibility index (Phi) is 7.57. The van der Waals surface area contributed by atoms with Gasteiger partial charge in [0.1, 0.15) is 11.7 Å². The quantitative estimate of drug-likeness (QED) is 0.506. The molecule has 2 aromatic carbocycles. The number of amides is 1. The summed E-state index contributed by atoms with van der Waals surface area (Å²) >= 11 is 0. The molecule has 0 radical (unpaired) electrons. The predicted octanol–water partition coefficient (Wildman–Crippen LogP) is 2.68. The van der Waals surface area contributed by atoms with Gasteiger partial charge in [-0.05, 0) is 29.7 Å². The van der Waals surface area contributed by atoms with Gasteiger partial charge in [-0.1, -0.05) is 60.7 Å². The summed E-state index contributed by atoms with van der Waals surface area (Å²) in [6, 6.07) is 17.0. The van der Waals surface area contributed by atoms with Gasteiger partial charge in [-0.25, -0.2) is 9.59 Å². The summed E-state index contributed by atoms with van der Waals surface area (Å²) in [5, 5.41) is 20.5. The van der Waals surface area contributed by atoms with Gasteiger partial charge in [-0.15, -0.1) is 0 Å². The third-order valence-corrected chi connectivity index (χ3v) is 5.12. The van der Waals surface area contributed by atoms with Gasteiger partial charge in [0.05, 0.1) is 11.6 Å². The van der Waals surface area contributed by atoms with Crippen LogP contribution in [0.1, 0.15) is 30.0 Å². The second-order valence-corrected chi connectivity index (χ2v) is 7.30. The van der Waals surface area contributed by atoms with Gasteiger partial charge in [-0.2, -0.15) is 0 Å². The molecule has 0 saturated carbocycles. The van der Waals surface area contributed by atoms with Crippen molar-refractivity contribution in [2.75, 3.05) is 0 Å². The monoisotopic (exact) mass is 446 g/mol. The zero-order valence-electron chi connectivity index (χ0n) is 17.5. The maximum atomic E-state index is 12.9. The van der Waals surface area contributed by atoms with Gasteiger partial charge in [-0.3, -0.25) is 9.59 Å². The van der Waals surface area contributed by atoms with E-state index < -0.39 is 36.4 Å². The molecule has 1 heterocycles. The van der Waals surface area contributed by atoms with Gasteiger partial charge in [0.15, 0.2) is 5.94 Å². The fourth-order valence-corrected chi connectivity index (χ4v) is 3.58. The molecule has 1 amide bonds. The maximum absolute atomic E-state index is 12.9. The van der Waals surface area contributed by atoms with Crippen molar-refractivity contribution in [3.05, 3.63) is 101 Å². The highest BCUT2D eigenvalue weighted by atomic mass is 16.4. The molecule has 3 rings (SSSR count). The molecule has 1 aliphatic heterocycles. The molecule has 0 aliphatic carbocycles. The first kappa shape index (κ1) is 23.2. The molecule has 0 aromatic heterocycles. The van der Waals surface area contributed by atoms with Crippen LogP contribution in [0.3, 0.4) is 0 Å². The van der Waals surface area contributed by atoms with Crippen LogP contribution >= 0.6 is 0 Å². The van der Waals surface area contributed by atoms with Gasteiger partial charge in [0.2, 0.25) is 0 Å². The number of nitrogens with zero attached hydrogens (tertiary/aromatic N) is 1. The first-order chi connectivity index (χ1) is 15.9. The summed E-state index contributed by atoms with van der Waals surface area (Å²) in [5.41, 5.74) is 1.61. The van der Waals surface area contributed by atoms with Crippen LogP contribution in [0.15, 0.2) is 90.3 Å². The van der Waals surface area contributed by atoms with E-state index in [9.17, 15) is 24.3 Å². The third-order valence-electron chi connectivity index (χ3n) is 5.12. The lowest BCUT2D eigenvalue weighted by Crippen LogP contribution is -2.43. The van der Waals surface area contributed by atoms with Crippen LogP contribution in [0, 0.1) is 0 Å². The van der Waals surface area contributed by atoms with Crippen LogP contribution in [0.2, 0.25) is 0 Å². The number of carbonyl (C=O) groups is 3. The zero-order valence-corrected chi connectivity index (χ0v) is 17.5. The highest BCUT2D eigenvalue weighted by Gasteiger charge is 2.31. The van der Waals surface area contributed by atoms with Crippen molar-refractivity contribution in [2.45, 2.75) is 24.9 Å². The Balaban J connectivity index is 1.93. The van der Waals surface area contributed by atoms with E-state index >= 15 is 0 Å². The number of hydrogen-bond acceptors (Lipinski definition) is 5. The Morgan fingerprint density at radius 1 is 0.939 bits per heavy atom. The molecule has 1 unspecified atom stereocenters. The van der Waals surface area contributed by atoms with Crippen LogP contribution in [0.25, 0.3) is 0 Å². The topological polar surface area (TPSA) is 124 Å². The Morgan fingerprint density at radius 3 is 2.00 bits per heavy atom. The highest BCUT2D eigenvalue weighted by molar-refractivity contribution is 6.02. The van der Waals surface area contributed by atoms with Crippen LogP contribution in [-0.2, 0) is 19.2 Å². The molecule has 0 bridgehead atoms. The molecule has 3 N–H and O–H groups in total. The summed E-state index contributed by atoms with van der Waals surface area (Å²) < 4.78 is 0. The van der Waals surface area contributed by atoms with Crippen molar-refractivity contribution in [1.29, 1.82) is 0 Å². The maximum Gasteiger partial charge on any atom is 0.326 e. The normalized spacial score (nSPS) is 13.8. The molecule has 2 aromatic rings. The molecule has 0 fully saturated rings. The fraction of sp³-hybridized carbons (Fsp3) is 0.160. The van der Waals surface area contributed by atoms with Crippen molar-refractivity contribution in [3.8, 4) is 0 Å². The average Bonchev–Trinajstić information content (AvgIpc) is 2.82. The number of allylic oxidation sites excluding steroid dienone is 2. The summed E-state index contributed by atoms with van der Waals surface area (Å²) in [7, 11) is 0. The van der Waals surface area contributed by atoms with Gasteiger partial charge in [0.25, 0.3) is 5.91 Å². The number of carboxylic acids is 2. The molecule has 8 nitrogen and oxygen atoms in total. The molecule has 8 heteroatoms. The summed E-state index contributed by atoms with van der Waals surface area (Å²) in [4.78, 5) is 48.9. The SMILES string of the molecule is O=C=C1C(C(=O)NC(CCC(=O)O)C(=O)O)=CC=CN1C(c1ccccc1)c1ccccc1. The Hall–Kier alpha value is -4.42. The number of benzene rings is 2. The van der Waals surface area contributed by atoms with E-state index in [4.69, 9.17) is 5.11 Å². The standard InChI is InChI=1S/C25H22N2O6/c28-16-21-19(24(31)26-20(25(32)33)13-14-22(29)30)12-7-15-27(21)23(17-8-3-1-4-9-17)18-10-5-2-6-11-18/h1-12,15,20,23H,13-14H2,(H,26,31)(H,29,30)(H,32,33). The van der Waals surface area contributed by atoms with Crippen LogP contribution in [-0.4, -0.2) is 44.9 Å². The number of carboxylic acid groups (broad SMARTS) is 2. The summed E-state index contributed by atoms with van der Waals surface area (Å²) in [6.45, 7) is 0. The van der Waals surface area contributed by atoms with E-state index in [0.717, 1.165) is 11.1 Å². The van der Waals surface area contributed by atoms with Gasteiger partial charge < -0.3 is 20.4 Å². The van der Waals surface area contributed by atoms with E-state index in [1.165, 1.54) is 6.08 Å². The van der Waals surface area contributed by atoms with Gasteiger partial charge in [0, 0.05) is 12.6 Å². The molecule has 0 spiro atoms. The molecular weight excluding hydrogens is 424 g/mol. The third kappa shape index (κ3) is 5.64. The van der Waals surface area contributed by atoms with Gasteiger partial charge >= 0.3 is 11.9 Å². The van der Waals surface area contributed by atoms with Crippen LogP contribution in [0.4, 0.5) is 0 Å². The molecule has 33 heavy (non-hydrogen) atoms. The lowest BCUT2D eigenvalue weighted by Gasteiger charge is -2.34. The second kappa shape index (κ2) is 10.7. The van der Waals surface area contributed by atoms with Crippen molar-refractivity contribution >= 4 is 23.8 Å². The van der Waals surface area contributed by atoms with E-state index in [1.54, 1.807) is 17.2 Å². The van der Waals surface area contributed by atoms with E-state index in [1.807, 2.05) is 66.6 Å². The van der Waals surface area contributed by atoms with Crippen LogP contribution in [0.5, 0.6) is 0 Å². The largest absolute Gasteiger partial charge is 0.481 e. The molecule has 1 atom stereocenters. The first-order valence-electron chi connectivity index (χ1n) is 10.2. The van der Waals surface area contributed by atoms with Crippen molar-refractivity contribution in [1.82, 2.24) is 10.2 Å². The minimum Gasteiger partial charge on any atom is -0.481 e. The number of carbonyl (C=O) groups excluding carboxylic acids is 2. The number of hydrogen-bond donors (Lipinski definition) is 3. The minimum absolute atomic E-state index is 0.0601. The fourth-order valence-electron chi connectivity index (χ4n) is 3.58. The van der Waals surface area contributed by atoms with Crippen molar-refractivity contribution < 1.29 is 29.4 Å². The minimum atomic E-state index is -1.42. The smallest absolute Gasteiger partial charge is 0.326 e. The summed E-state index contributed by atoms with van der Waals surface area (Å²) in [5.74, 6) is -1.52. The molecule has 168 valence electrons. The van der Waals surface area contributed by atoms with Crippen molar-refractivity contribution in [3.63, 3.8) is 0 Å². The summed E-state index contributed by atoms with van der Waals surface area (Å²) in [6.07, 6.45) is 3.92. The molecule has 0 saturated heterocycles. The lowest BCUT2D eigenvalue weighted by atomic mass is 9.94. The Morgan fingerprint density at radius 2 is 1.52 bits per heavy atom. The number of aliphatic carboxylic acids is 2. The second-order valence-electron chi connectivity index (χ2n) is 7.30. The number of rotatable bonds is 9. The van der Waals surface area contributed by atoms with Crippen LogP contribution < -0.4 is 5.32 Å². The molecular formula is C25H22N2O6. The Labute approximate surface area is 190 Å². The lowest BCUT2D eigenvalue weighted by molar-refractivity contribution is -0.142. The predicted molar refractivity (Wildman–Crippen MR) is 119 cm³/mol. The average molecular weight is 446 g/mol. The van der Waals surface area contributed by atoms with Crippen molar-refractivity contribution in [2.24, 2.45) is 0 Å². The zero-order chi connectivity index (χ0) is 23.8. The molecule has 1 aliphatic rings. The first-order valence-corrected chi connectivity index (χ1v) is 10.2. The van der Waals surface area contributed by atoms with E-state index in [-0.39, 0.29) is 17.7 Å². The van der Waals surface area contributed by atoms with E-state index in [0.29, 0.717) is 0 Å². The highest BCUT2D eigenvalue weighted by Crippen LogP contribution is 2.35. The van der Waals surface area contributed by atoms with E-state index in [2.05, 4.69) is 5.32 Å². The number of nitrogens with one attached hydrogen (secondary N) is 1. The Bertz CT molecular complexity index is 1090.